The summed E-state index contributed by atoms with van der Waals surface area (Å²) in [5.74, 6) is 0.621. The van der Waals surface area contributed by atoms with Crippen molar-refractivity contribution >= 4 is 23.1 Å². The Morgan fingerprint density at radius 3 is 2.87 bits per heavy atom. The molecule has 0 unspecified atom stereocenters. The van der Waals surface area contributed by atoms with Crippen LogP contribution < -0.4 is 20.9 Å². The van der Waals surface area contributed by atoms with E-state index in [0.717, 1.165) is 0 Å². The van der Waals surface area contributed by atoms with Crippen LogP contribution in [0.15, 0.2) is 59.7 Å². The van der Waals surface area contributed by atoms with Gasteiger partial charge in [-0.3, -0.25) is 9.20 Å². The van der Waals surface area contributed by atoms with Gasteiger partial charge in [-0.2, -0.15) is 0 Å². The summed E-state index contributed by atoms with van der Waals surface area (Å²) in [6.45, 7) is 0. The Labute approximate surface area is 131 Å². The van der Waals surface area contributed by atoms with Crippen LogP contribution in [-0.2, 0) is 0 Å². The Balaban J connectivity index is 1.80. The molecule has 116 valence electrons. The highest BCUT2D eigenvalue weighted by Crippen LogP contribution is 2.16. The number of fused-ring (bicyclic) bond motifs is 1. The fourth-order valence-corrected chi connectivity index (χ4v) is 2.10. The molecule has 0 fully saturated rings. The molecule has 0 bridgehead atoms. The van der Waals surface area contributed by atoms with Crippen molar-refractivity contribution in [3.8, 4) is 5.75 Å². The van der Waals surface area contributed by atoms with Gasteiger partial charge in [-0.05, 0) is 24.3 Å². The maximum Gasteiger partial charge on any atom is 0.323 e. The number of ether oxygens (including phenoxy) is 1. The number of nitrogens with one attached hydrogen (secondary N) is 2. The fourth-order valence-electron chi connectivity index (χ4n) is 2.10. The Morgan fingerprint density at radius 1 is 1.17 bits per heavy atom. The number of carbonyl (C=O) groups excluding carboxylic acids is 1. The number of urea groups is 1. The maximum atomic E-state index is 12.3. The van der Waals surface area contributed by atoms with E-state index in [1.807, 2.05) is 0 Å². The molecule has 3 aromatic rings. The van der Waals surface area contributed by atoms with Gasteiger partial charge in [0.25, 0.3) is 5.56 Å². The predicted octanol–water partition coefficient (Wildman–Crippen LogP) is 2.35. The van der Waals surface area contributed by atoms with Crippen molar-refractivity contribution in [1.29, 1.82) is 0 Å². The standard InChI is InChI=1S/C16H14N4O3/c1-23-12-6-4-5-11(9-12)18-16(22)19-13-10-17-14-7-2-3-8-20(14)15(13)21/h2-10H,1H3,(H2,18,19,22). The molecule has 2 aromatic heterocycles. The number of hydrogen-bond acceptors (Lipinski definition) is 4. The van der Waals surface area contributed by atoms with Gasteiger partial charge in [-0.1, -0.05) is 12.1 Å². The second-order valence-corrected chi connectivity index (χ2v) is 4.72. The van der Waals surface area contributed by atoms with Crippen LogP contribution in [0.3, 0.4) is 0 Å². The number of amides is 2. The molecule has 0 aliphatic heterocycles. The molecule has 0 radical (unpaired) electrons. The molecule has 0 aliphatic carbocycles. The predicted molar refractivity (Wildman–Crippen MR) is 87.1 cm³/mol. The lowest BCUT2D eigenvalue weighted by Gasteiger charge is -2.09. The number of rotatable bonds is 3. The summed E-state index contributed by atoms with van der Waals surface area (Å²) >= 11 is 0. The normalized spacial score (nSPS) is 10.3. The smallest absolute Gasteiger partial charge is 0.323 e. The lowest BCUT2D eigenvalue weighted by molar-refractivity contribution is 0.262. The maximum absolute atomic E-state index is 12.3. The van der Waals surface area contributed by atoms with Crippen molar-refractivity contribution in [2.45, 2.75) is 0 Å². The van der Waals surface area contributed by atoms with Gasteiger partial charge in [0, 0.05) is 18.0 Å². The molecule has 3 rings (SSSR count). The molecule has 1 aromatic carbocycles. The van der Waals surface area contributed by atoms with Gasteiger partial charge in [-0.15, -0.1) is 0 Å². The average Bonchev–Trinajstić information content (AvgIpc) is 2.58. The minimum atomic E-state index is -0.534. The van der Waals surface area contributed by atoms with Gasteiger partial charge >= 0.3 is 6.03 Å². The molecule has 0 spiro atoms. The second kappa shape index (κ2) is 6.18. The number of benzene rings is 1. The van der Waals surface area contributed by atoms with E-state index < -0.39 is 6.03 Å². The number of pyridine rings is 1. The van der Waals surface area contributed by atoms with Crippen LogP contribution in [0.2, 0.25) is 0 Å². The summed E-state index contributed by atoms with van der Waals surface area (Å²) in [5.41, 5.74) is 0.803. The largest absolute Gasteiger partial charge is 0.497 e. The van der Waals surface area contributed by atoms with E-state index >= 15 is 0 Å². The molecule has 23 heavy (non-hydrogen) atoms. The number of anilines is 2. The van der Waals surface area contributed by atoms with Crippen LogP contribution in [0.1, 0.15) is 0 Å². The monoisotopic (exact) mass is 310 g/mol. The summed E-state index contributed by atoms with van der Waals surface area (Å²) in [6.07, 6.45) is 2.93. The molecule has 0 saturated heterocycles. The van der Waals surface area contributed by atoms with Crippen molar-refractivity contribution in [3.63, 3.8) is 0 Å². The third kappa shape index (κ3) is 3.13. The first-order valence-electron chi connectivity index (χ1n) is 6.86. The molecule has 0 atom stereocenters. The van der Waals surface area contributed by atoms with Crippen molar-refractivity contribution in [2.75, 3.05) is 17.7 Å². The Hall–Kier alpha value is -3.35. The van der Waals surface area contributed by atoms with Crippen molar-refractivity contribution in [3.05, 3.63) is 65.2 Å². The molecule has 0 aliphatic rings. The first kappa shape index (κ1) is 14.6. The summed E-state index contributed by atoms with van der Waals surface area (Å²) < 4.78 is 6.45. The van der Waals surface area contributed by atoms with Crippen LogP contribution in [0.25, 0.3) is 5.65 Å². The molecule has 7 heteroatoms. The van der Waals surface area contributed by atoms with Crippen LogP contribution in [-0.4, -0.2) is 22.5 Å². The van der Waals surface area contributed by atoms with Gasteiger partial charge in [0.2, 0.25) is 0 Å². The van der Waals surface area contributed by atoms with Crippen LogP contribution >= 0.6 is 0 Å². The van der Waals surface area contributed by atoms with Crippen LogP contribution in [0.4, 0.5) is 16.2 Å². The number of nitrogens with zero attached hydrogens (tertiary/aromatic N) is 2. The quantitative estimate of drug-likeness (QED) is 0.777. The van der Waals surface area contributed by atoms with E-state index in [0.29, 0.717) is 17.1 Å². The molecule has 2 heterocycles. The Kier molecular flexibility index (Phi) is 3.92. The van der Waals surface area contributed by atoms with Gasteiger partial charge in [0.15, 0.2) is 0 Å². The minimum absolute atomic E-state index is 0.0918. The Morgan fingerprint density at radius 2 is 2.04 bits per heavy atom. The third-order valence-corrected chi connectivity index (χ3v) is 3.19. The zero-order chi connectivity index (χ0) is 16.2. The van der Waals surface area contributed by atoms with Crippen LogP contribution in [0, 0.1) is 0 Å². The molecular formula is C16H14N4O3. The molecular weight excluding hydrogens is 296 g/mol. The highest BCUT2D eigenvalue weighted by molar-refractivity contribution is 5.99. The van der Waals surface area contributed by atoms with Crippen molar-refractivity contribution in [1.82, 2.24) is 9.38 Å². The first-order valence-corrected chi connectivity index (χ1v) is 6.86. The highest BCUT2D eigenvalue weighted by atomic mass is 16.5. The van der Waals surface area contributed by atoms with E-state index in [1.54, 1.807) is 55.8 Å². The van der Waals surface area contributed by atoms with Gasteiger partial charge in [0.05, 0.1) is 13.3 Å². The van der Waals surface area contributed by atoms with E-state index in [-0.39, 0.29) is 11.2 Å². The second-order valence-electron chi connectivity index (χ2n) is 4.72. The lowest BCUT2D eigenvalue weighted by atomic mass is 10.3. The zero-order valence-corrected chi connectivity index (χ0v) is 12.3. The summed E-state index contributed by atoms with van der Waals surface area (Å²) in [5, 5.41) is 5.14. The van der Waals surface area contributed by atoms with Gasteiger partial charge in [-0.25, -0.2) is 9.78 Å². The highest BCUT2D eigenvalue weighted by Gasteiger charge is 2.09. The fraction of sp³-hybridized carbons (Fsp3) is 0.0625. The van der Waals surface area contributed by atoms with Gasteiger partial charge < -0.3 is 15.4 Å². The topological polar surface area (TPSA) is 84.7 Å². The number of methoxy groups -OCH3 is 1. The average molecular weight is 310 g/mol. The third-order valence-electron chi connectivity index (χ3n) is 3.19. The molecule has 0 saturated carbocycles. The van der Waals surface area contributed by atoms with Crippen molar-refractivity contribution < 1.29 is 9.53 Å². The summed E-state index contributed by atoms with van der Waals surface area (Å²) in [4.78, 5) is 28.4. The van der Waals surface area contributed by atoms with Crippen LogP contribution in [0.5, 0.6) is 5.75 Å². The number of hydrogen-bond donors (Lipinski definition) is 2. The SMILES string of the molecule is COc1cccc(NC(=O)Nc2cnc3ccccn3c2=O)c1. The summed E-state index contributed by atoms with van der Waals surface area (Å²) in [7, 11) is 1.54. The number of aromatic nitrogens is 2. The minimum Gasteiger partial charge on any atom is -0.497 e. The van der Waals surface area contributed by atoms with Crippen molar-refractivity contribution in [2.24, 2.45) is 0 Å². The van der Waals surface area contributed by atoms with E-state index in [9.17, 15) is 9.59 Å². The first-order chi connectivity index (χ1) is 11.2. The van der Waals surface area contributed by atoms with E-state index in [4.69, 9.17) is 4.74 Å². The van der Waals surface area contributed by atoms with Gasteiger partial charge in [0.1, 0.15) is 17.1 Å². The number of carbonyl (C=O) groups is 1. The lowest BCUT2D eigenvalue weighted by Crippen LogP contribution is -2.26. The zero-order valence-electron chi connectivity index (χ0n) is 12.3. The summed E-state index contributed by atoms with van der Waals surface area (Å²) in [6, 6.07) is 11.6. The molecule has 2 amide bonds. The molecule has 7 nitrogen and oxygen atoms in total. The Bertz CT molecular complexity index is 920. The van der Waals surface area contributed by atoms with E-state index in [1.165, 1.54) is 10.6 Å². The van der Waals surface area contributed by atoms with E-state index in [2.05, 4.69) is 15.6 Å². The molecule has 2 N–H and O–H groups in total.